The van der Waals surface area contributed by atoms with E-state index in [1.807, 2.05) is 0 Å². The Hall–Kier alpha value is -1.31. The van der Waals surface area contributed by atoms with Gasteiger partial charge in [-0.15, -0.1) is 0 Å². The molecule has 0 saturated heterocycles. The summed E-state index contributed by atoms with van der Waals surface area (Å²) in [6.07, 6.45) is 1.72. The summed E-state index contributed by atoms with van der Waals surface area (Å²) in [6.45, 7) is 3.33. The fourth-order valence-electron chi connectivity index (χ4n) is 1.87. The van der Waals surface area contributed by atoms with Crippen molar-refractivity contribution < 1.29 is 14.4 Å². The van der Waals surface area contributed by atoms with Gasteiger partial charge in [0, 0.05) is 15.6 Å². The first-order valence-corrected chi connectivity index (χ1v) is 8.63. The molecule has 0 fully saturated rings. The number of amides is 1. The Morgan fingerprint density at radius 2 is 2.12 bits per heavy atom. The quantitative estimate of drug-likeness (QED) is 0.295. The number of ketones is 1. The lowest BCUT2D eigenvalue weighted by molar-refractivity contribution is -0.123. The Bertz CT molecular complexity index is 668. The minimum Gasteiger partial charge on any atom is -0.399 e. The van der Waals surface area contributed by atoms with Gasteiger partial charge in [-0.05, 0) is 41.4 Å². The van der Waals surface area contributed by atoms with Crippen LogP contribution in [-0.4, -0.2) is 35.4 Å². The van der Waals surface area contributed by atoms with Crippen molar-refractivity contribution in [3.05, 3.63) is 27.7 Å². The summed E-state index contributed by atoms with van der Waals surface area (Å²) in [5, 5.41) is 6.32. The number of hydrogen-bond acceptors (Lipinski definition) is 5. The number of alkyl halides is 2. The van der Waals surface area contributed by atoms with Crippen LogP contribution in [0.25, 0.3) is 0 Å². The molecule has 132 valence electrons. The zero-order valence-electron chi connectivity index (χ0n) is 13.4. The van der Waals surface area contributed by atoms with Gasteiger partial charge in [-0.25, -0.2) is 0 Å². The SMILES string of the molecule is CCC(C)(NC(=O)c1cc(Br)c(N)c(/C=N/OC)c1)C(=O)C(Cl)Cl. The van der Waals surface area contributed by atoms with Crippen LogP contribution in [0.1, 0.15) is 36.2 Å². The number of nitrogens with two attached hydrogens (primary N) is 1. The van der Waals surface area contributed by atoms with Crippen LogP contribution in [0.15, 0.2) is 21.8 Å². The van der Waals surface area contributed by atoms with E-state index < -0.39 is 22.1 Å². The maximum atomic E-state index is 12.5. The van der Waals surface area contributed by atoms with E-state index in [9.17, 15) is 9.59 Å². The summed E-state index contributed by atoms with van der Waals surface area (Å²) in [6, 6.07) is 3.09. The minimum atomic E-state index is -1.22. The maximum Gasteiger partial charge on any atom is 0.252 e. The lowest BCUT2D eigenvalue weighted by Crippen LogP contribution is -2.53. The second-order valence-corrected chi connectivity index (χ2v) is 7.13. The smallest absolute Gasteiger partial charge is 0.252 e. The summed E-state index contributed by atoms with van der Waals surface area (Å²) in [5.41, 5.74) is 5.93. The van der Waals surface area contributed by atoms with E-state index in [-0.39, 0.29) is 0 Å². The lowest BCUT2D eigenvalue weighted by Gasteiger charge is -2.28. The molecular weight excluding hydrogens is 421 g/mol. The van der Waals surface area contributed by atoms with Crippen molar-refractivity contribution in [2.24, 2.45) is 5.16 Å². The number of halogens is 3. The van der Waals surface area contributed by atoms with Gasteiger partial charge in [-0.3, -0.25) is 9.59 Å². The zero-order chi connectivity index (χ0) is 18.5. The average Bonchev–Trinajstić information content (AvgIpc) is 2.54. The number of rotatable bonds is 7. The first-order valence-electron chi connectivity index (χ1n) is 6.96. The molecule has 24 heavy (non-hydrogen) atoms. The van der Waals surface area contributed by atoms with Crippen LogP contribution in [0.5, 0.6) is 0 Å². The van der Waals surface area contributed by atoms with Crippen molar-refractivity contribution in [1.29, 1.82) is 0 Å². The standard InChI is InChI=1S/C15H18BrCl2N3O3/c1-4-15(2,12(22)13(17)18)21-14(23)8-5-9(7-20-24-3)11(19)10(16)6-8/h5-7,13H,4,19H2,1-3H3,(H,21,23)/b20-7+. The number of benzene rings is 1. The van der Waals surface area contributed by atoms with E-state index in [1.54, 1.807) is 19.9 Å². The number of Topliss-reactive ketones (excluding diaryl/α,β-unsaturated/α-hetero) is 1. The molecule has 0 saturated carbocycles. The number of anilines is 1. The topological polar surface area (TPSA) is 93.8 Å². The molecule has 1 rings (SSSR count). The van der Waals surface area contributed by atoms with Crippen LogP contribution >= 0.6 is 39.1 Å². The molecule has 1 atom stereocenters. The first kappa shape index (κ1) is 20.7. The van der Waals surface area contributed by atoms with Crippen LogP contribution < -0.4 is 11.1 Å². The van der Waals surface area contributed by atoms with Crippen molar-refractivity contribution in [2.45, 2.75) is 30.6 Å². The van der Waals surface area contributed by atoms with E-state index in [4.69, 9.17) is 28.9 Å². The van der Waals surface area contributed by atoms with Crippen LogP contribution in [0.4, 0.5) is 5.69 Å². The van der Waals surface area contributed by atoms with E-state index in [0.29, 0.717) is 27.7 Å². The van der Waals surface area contributed by atoms with Gasteiger partial charge in [0.1, 0.15) is 7.11 Å². The molecule has 1 aromatic rings. The molecule has 9 heteroatoms. The molecule has 0 aliphatic carbocycles. The number of hydrogen-bond donors (Lipinski definition) is 2. The minimum absolute atomic E-state index is 0.293. The van der Waals surface area contributed by atoms with E-state index in [0.717, 1.165) is 0 Å². The Morgan fingerprint density at radius 3 is 2.62 bits per heavy atom. The highest BCUT2D eigenvalue weighted by Gasteiger charge is 2.36. The largest absolute Gasteiger partial charge is 0.399 e. The molecule has 3 N–H and O–H groups in total. The molecule has 0 aliphatic heterocycles. The average molecular weight is 439 g/mol. The maximum absolute atomic E-state index is 12.5. The molecule has 1 amide bonds. The summed E-state index contributed by atoms with van der Waals surface area (Å²) >= 11 is 14.6. The third-order valence-electron chi connectivity index (χ3n) is 3.56. The van der Waals surface area contributed by atoms with E-state index >= 15 is 0 Å². The van der Waals surface area contributed by atoms with Crippen molar-refractivity contribution in [1.82, 2.24) is 5.32 Å². The molecule has 0 aliphatic rings. The highest BCUT2D eigenvalue weighted by molar-refractivity contribution is 9.10. The van der Waals surface area contributed by atoms with Gasteiger partial charge in [0.05, 0.1) is 17.4 Å². The van der Waals surface area contributed by atoms with Crippen molar-refractivity contribution in [2.75, 3.05) is 12.8 Å². The Labute approximate surface area is 158 Å². The summed E-state index contributed by atoms with van der Waals surface area (Å²) < 4.78 is 0.518. The van der Waals surface area contributed by atoms with Crippen LogP contribution in [0.2, 0.25) is 0 Å². The Morgan fingerprint density at radius 1 is 1.50 bits per heavy atom. The number of nitrogens with zero attached hydrogens (tertiary/aromatic N) is 1. The number of carbonyl (C=O) groups is 2. The second-order valence-electron chi connectivity index (χ2n) is 5.18. The summed E-state index contributed by atoms with van der Waals surface area (Å²) in [5.74, 6) is -0.938. The zero-order valence-corrected chi connectivity index (χ0v) is 16.5. The van der Waals surface area contributed by atoms with Gasteiger partial charge in [0.15, 0.2) is 10.6 Å². The number of nitrogen functional groups attached to an aromatic ring is 1. The molecular formula is C15H18BrCl2N3O3. The van der Waals surface area contributed by atoms with Crippen LogP contribution in [-0.2, 0) is 9.63 Å². The third kappa shape index (κ3) is 4.84. The van der Waals surface area contributed by atoms with Gasteiger partial charge in [-0.2, -0.15) is 0 Å². The molecule has 6 nitrogen and oxygen atoms in total. The molecule has 1 aromatic carbocycles. The highest BCUT2D eigenvalue weighted by atomic mass is 79.9. The fraction of sp³-hybridized carbons (Fsp3) is 0.400. The van der Waals surface area contributed by atoms with Gasteiger partial charge in [0.2, 0.25) is 0 Å². The fourth-order valence-corrected chi connectivity index (χ4v) is 2.83. The van der Waals surface area contributed by atoms with Gasteiger partial charge < -0.3 is 15.9 Å². The van der Waals surface area contributed by atoms with Crippen molar-refractivity contribution in [3.8, 4) is 0 Å². The molecule has 0 aromatic heterocycles. The highest BCUT2D eigenvalue weighted by Crippen LogP contribution is 2.26. The lowest BCUT2D eigenvalue weighted by atomic mass is 9.93. The molecule has 0 spiro atoms. The van der Waals surface area contributed by atoms with Gasteiger partial charge in [0.25, 0.3) is 5.91 Å². The van der Waals surface area contributed by atoms with E-state index in [2.05, 4.69) is 31.2 Å². The third-order valence-corrected chi connectivity index (χ3v) is 4.61. The van der Waals surface area contributed by atoms with Gasteiger partial charge >= 0.3 is 0 Å². The number of nitrogens with one attached hydrogen (secondary N) is 1. The Kier molecular flexibility index (Phi) is 7.51. The predicted molar refractivity (Wildman–Crippen MR) is 99.8 cm³/mol. The summed E-state index contributed by atoms with van der Waals surface area (Å²) in [4.78, 5) is 28.1. The first-order chi connectivity index (χ1) is 11.2. The van der Waals surface area contributed by atoms with Gasteiger partial charge in [-0.1, -0.05) is 35.3 Å². The van der Waals surface area contributed by atoms with Crippen LogP contribution in [0, 0.1) is 0 Å². The second kappa shape index (κ2) is 8.69. The molecule has 0 bridgehead atoms. The predicted octanol–water partition coefficient (Wildman–Crippen LogP) is 3.28. The molecule has 1 unspecified atom stereocenters. The van der Waals surface area contributed by atoms with E-state index in [1.165, 1.54) is 19.4 Å². The normalized spacial score (nSPS) is 13.8. The summed E-state index contributed by atoms with van der Waals surface area (Å²) in [7, 11) is 1.39. The van der Waals surface area contributed by atoms with Crippen molar-refractivity contribution >= 4 is 62.7 Å². The monoisotopic (exact) mass is 437 g/mol. The molecule has 0 heterocycles. The van der Waals surface area contributed by atoms with Crippen LogP contribution in [0.3, 0.4) is 0 Å². The number of oxime groups is 1. The van der Waals surface area contributed by atoms with Crippen molar-refractivity contribution in [3.63, 3.8) is 0 Å². The Balaban J connectivity index is 3.17. The molecule has 0 radical (unpaired) electrons. The number of carbonyl (C=O) groups excluding carboxylic acids is 2.